The number of hydrogen-bond donors (Lipinski definition) is 0. The van der Waals surface area contributed by atoms with E-state index in [0.717, 1.165) is 25.7 Å². The van der Waals surface area contributed by atoms with Gasteiger partial charge in [0.2, 0.25) is 0 Å². The fraction of sp³-hybridized carbons (Fsp3) is 0.800. The van der Waals surface area contributed by atoms with Crippen LogP contribution in [0.4, 0.5) is 0 Å². The molecule has 0 aromatic carbocycles. The number of ether oxygens (including phenoxy) is 1. The highest BCUT2D eigenvalue weighted by atomic mass is 16.5. The summed E-state index contributed by atoms with van der Waals surface area (Å²) in [5.74, 6) is -0.349. The average Bonchev–Trinajstić information content (AvgIpc) is 2.02. The van der Waals surface area contributed by atoms with Gasteiger partial charge in [-0.25, -0.2) is 0 Å². The molecule has 0 aromatic rings. The zero-order valence-corrected chi connectivity index (χ0v) is 8.04. The third kappa shape index (κ3) is 4.06. The number of rotatable bonds is 0. The SMILES string of the molecule is C[C@@H]1CCCCCC(=O)CC(=O)O1. The van der Waals surface area contributed by atoms with Crippen molar-refractivity contribution in [3.05, 3.63) is 0 Å². The van der Waals surface area contributed by atoms with Crippen LogP contribution in [0, 0.1) is 0 Å². The van der Waals surface area contributed by atoms with Gasteiger partial charge in [0.1, 0.15) is 12.2 Å². The van der Waals surface area contributed by atoms with E-state index in [4.69, 9.17) is 4.74 Å². The second-order valence-electron chi connectivity index (χ2n) is 3.62. The van der Waals surface area contributed by atoms with Crippen LogP contribution in [0.25, 0.3) is 0 Å². The van der Waals surface area contributed by atoms with Crippen LogP contribution in [0.2, 0.25) is 0 Å². The number of ketones is 1. The van der Waals surface area contributed by atoms with E-state index in [2.05, 4.69) is 0 Å². The molecule has 13 heavy (non-hydrogen) atoms. The molecular formula is C10H16O3. The molecule has 0 saturated carbocycles. The van der Waals surface area contributed by atoms with E-state index in [1.165, 1.54) is 0 Å². The van der Waals surface area contributed by atoms with Crippen molar-refractivity contribution in [2.75, 3.05) is 0 Å². The fourth-order valence-electron chi connectivity index (χ4n) is 1.51. The molecule has 0 N–H and O–H groups in total. The van der Waals surface area contributed by atoms with Crippen LogP contribution in [0.1, 0.15) is 45.4 Å². The molecule has 0 aliphatic carbocycles. The molecule has 1 rings (SSSR count). The fourth-order valence-corrected chi connectivity index (χ4v) is 1.51. The van der Waals surface area contributed by atoms with Gasteiger partial charge in [-0.2, -0.15) is 0 Å². The minimum absolute atomic E-state index is 0.0131. The van der Waals surface area contributed by atoms with E-state index >= 15 is 0 Å². The van der Waals surface area contributed by atoms with Crippen LogP contribution in [0.5, 0.6) is 0 Å². The smallest absolute Gasteiger partial charge is 0.313 e. The highest BCUT2D eigenvalue weighted by Crippen LogP contribution is 2.12. The van der Waals surface area contributed by atoms with Crippen molar-refractivity contribution < 1.29 is 14.3 Å². The van der Waals surface area contributed by atoms with E-state index in [9.17, 15) is 9.59 Å². The van der Waals surface area contributed by atoms with Gasteiger partial charge in [0, 0.05) is 6.42 Å². The summed E-state index contributed by atoms with van der Waals surface area (Å²) in [6.45, 7) is 1.88. The molecule has 1 aliphatic rings. The van der Waals surface area contributed by atoms with Crippen molar-refractivity contribution in [3.63, 3.8) is 0 Å². The molecule has 3 nitrogen and oxygen atoms in total. The van der Waals surface area contributed by atoms with Gasteiger partial charge in [-0.1, -0.05) is 6.42 Å². The molecular weight excluding hydrogens is 168 g/mol. The molecule has 74 valence electrons. The summed E-state index contributed by atoms with van der Waals surface area (Å²) in [5, 5.41) is 0. The lowest BCUT2D eigenvalue weighted by molar-refractivity contribution is -0.150. The van der Waals surface area contributed by atoms with Crippen LogP contribution < -0.4 is 0 Å². The molecule has 0 radical (unpaired) electrons. The zero-order valence-electron chi connectivity index (χ0n) is 8.04. The van der Waals surface area contributed by atoms with Crippen molar-refractivity contribution in [1.29, 1.82) is 0 Å². The molecule has 0 spiro atoms. The predicted molar refractivity (Wildman–Crippen MR) is 48.3 cm³/mol. The monoisotopic (exact) mass is 184 g/mol. The van der Waals surface area contributed by atoms with Crippen LogP contribution in [0.3, 0.4) is 0 Å². The van der Waals surface area contributed by atoms with E-state index in [1.54, 1.807) is 0 Å². The van der Waals surface area contributed by atoms with E-state index in [1.807, 2.05) is 6.92 Å². The molecule has 1 aliphatic heterocycles. The molecule has 1 heterocycles. The zero-order chi connectivity index (χ0) is 9.68. The number of cyclic esters (lactones) is 1. The summed E-state index contributed by atoms with van der Waals surface area (Å²) in [6.07, 6.45) is 4.40. The Morgan fingerprint density at radius 2 is 2.00 bits per heavy atom. The lowest BCUT2D eigenvalue weighted by Gasteiger charge is -2.14. The molecule has 0 aromatic heterocycles. The standard InChI is InChI=1S/C10H16O3/c1-8-5-3-2-4-6-9(11)7-10(12)13-8/h8H,2-7H2,1H3/t8-/m1/s1. The van der Waals surface area contributed by atoms with Gasteiger partial charge in [-0.3, -0.25) is 9.59 Å². The van der Waals surface area contributed by atoms with E-state index < -0.39 is 0 Å². The Bertz CT molecular complexity index is 198. The van der Waals surface area contributed by atoms with Crippen molar-refractivity contribution in [2.24, 2.45) is 0 Å². The Morgan fingerprint density at radius 1 is 1.23 bits per heavy atom. The lowest BCUT2D eigenvalue weighted by atomic mass is 10.1. The second kappa shape index (κ2) is 5.00. The van der Waals surface area contributed by atoms with Gasteiger partial charge in [-0.15, -0.1) is 0 Å². The summed E-state index contributed by atoms with van der Waals surface area (Å²) in [7, 11) is 0. The third-order valence-corrected chi connectivity index (χ3v) is 2.24. The summed E-state index contributed by atoms with van der Waals surface area (Å²) < 4.78 is 5.04. The van der Waals surface area contributed by atoms with Crippen molar-refractivity contribution >= 4 is 11.8 Å². The number of carbonyl (C=O) groups is 2. The minimum Gasteiger partial charge on any atom is -0.462 e. The summed E-state index contributed by atoms with van der Waals surface area (Å²) in [6, 6.07) is 0. The van der Waals surface area contributed by atoms with E-state index in [0.29, 0.717) is 6.42 Å². The highest BCUT2D eigenvalue weighted by molar-refractivity contribution is 5.95. The quantitative estimate of drug-likeness (QED) is 0.426. The Morgan fingerprint density at radius 3 is 2.77 bits per heavy atom. The second-order valence-corrected chi connectivity index (χ2v) is 3.62. The first-order valence-corrected chi connectivity index (χ1v) is 4.89. The Labute approximate surface area is 78.5 Å². The third-order valence-electron chi connectivity index (χ3n) is 2.24. The van der Waals surface area contributed by atoms with Gasteiger partial charge < -0.3 is 4.74 Å². The van der Waals surface area contributed by atoms with Gasteiger partial charge >= 0.3 is 5.97 Å². The molecule has 0 unspecified atom stereocenters. The lowest BCUT2D eigenvalue weighted by Crippen LogP contribution is -2.18. The van der Waals surface area contributed by atoms with Crippen molar-refractivity contribution in [1.82, 2.24) is 0 Å². The first-order chi connectivity index (χ1) is 6.18. The van der Waals surface area contributed by atoms with Crippen LogP contribution in [0.15, 0.2) is 0 Å². The molecule has 0 amide bonds. The molecule has 1 atom stereocenters. The Kier molecular flexibility index (Phi) is 3.93. The average molecular weight is 184 g/mol. The molecule has 1 saturated heterocycles. The van der Waals surface area contributed by atoms with Gasteiger partial charge in [-0.05, 0) is 26.2 Å². The Hall–Kier alpha value is -0.860. The largest absolute Gasteiger partial charge is 0.462 e. The maximum absolute atomic E-state index is 11.1. The van der Waals surface area contributed by atoms with Gasteiger partial charge in [0.15, 0.2) is 0 Å². The molecule has 0 bridgehead atoms. The number of carbonyl (C=O) groups excluding carboxylic acids is 2. The number of esters is 1. The maximum atomic E-state index is 11.1. The number of hydrogen-bond acceptors (Lipinski definition) is 3. The normalized spacial score (nSPS) is 26.7. The summed E-state index contributed by atoms with van der Waals surface area (Å²) in [4.78, 5) is 22.2. The minimum atomic E-state index is -0.362. The summed E-state index contributed by atoms with van der Waals surface area (Å²) >= 11 is 0. The van der Waals surface area contributed by atoms with Crippen molar-refractivity contribution in [2.45, 2.75) is 51.6 Å². The maximum Gasteiger partial charge on any atom is 0.313 e. The van der Waals surface area contributed by atoms with Gasteiger partial charge in [0.25, 0.3) is 0 Å². The summed E-state index contributed by atoms with van der Waals surface area (Å²) in [5.41, 5.74) is 0. The van der Waals surface area contributed by atoms with Crippen LogP contribution in [-0.2, 0) is 14.3 Å². The van der Waals surface area contributed by atoms with Crippen molar-refractivity contribution in [3.8, 4) is 0 Å². The van der Waals surface area contributed by atoms with Crippen LogP contribution >= 0.6 is 0 Å². The first-order valence-electron chi connectivity index (χ1n) is 4.89. The molecule has 3 heteroatoms. The highest BCUT2D eigenvalue weighted by Gasteiger charge is 2.15. The topological polar surface area (TPSA) is 43.4 Å². The van der Waals surface area contributed by atoms with Gasteiger partial charge in [0.05, 0.1) is 6.10 Å². The van der Waals surface area contributed by atoms with Crippen LogP contribution in [-0.4, -0.2) is 17.9 Å². The van der Waals surface area contributed by atoms with E-state index in [-0.39, 0.29) is 24.3 Å². The molecule has 1 fully saturated rings. The predicted octanol–water partition coefficient (Wildman–Crippen LogP) is 1.84. The number of Topliss-reactive ketones (excluding diaryl/α,β-unsaturated/α-hetero) is 1. The first kappa shape index (κ1) is 10.2. The Balaban J connectivity index is 2.44.